The van der Waals surface area contributed by atoms with Crippen molar-refractivity contribution in [1.29, 1.82) is 0 Å². The van der Waals surface area contributed by atoms with Gasteiger partial charge in [0.2, 0.25) is 0 Å². The first kappa shape index (κ1) is 14.5. The molecule has 0 aromatic heterocycles. The van der Waals surface area contributed by atoms with E-state index < -0.39 is 0 Å². The third-order valence-electron chi connectivity index (χ3n) is 4.17. The lowest BCUT2D eigenvalue weighted by Crippen LogP contribution is -2.51. The van der Waals surface area contributed by atoms with Gasteiger partial charge in [0.15, 0.2) is 0 Å². The van der Waals surface area contributed by atoms with Gasteiger partial charge in [-0.15, -0.1) is 11.8 Å². The molecule has 2 unspecified atom stereocenters. The van der Waals surface area contributed by atoms with Crippen molar-refractivity contribution < 1.29 is 0 Å². The smallest absolute Gasteiger partial charge is 0.0507 e. The molecule has 21 heavy (non-hydrogen) atoms. The fraction of sp³-hybridized carbons (Fsp3) is 0.333. The molecule has 2 nitrogen and oxygen atoms in total. The van der Waals surface area contributed by atoms with Gasteiger partial charge in [0, 0.05) is 30.1 Å². The van der Waals surface area contributed by atoms with E-state index in [1.165, 1.54) is 16.1 Å². The third kappa shape index (κ3) is 3.09. The Morgan fingerprint density at radius 2 is 1.76 bits per heavy atom. The highest BCUT2D eigenvalue weighted by molar-refractivity contribution is 7.98. The first-order valence-electron chi connectivity index (χ1n) is 7.47. The fourth-order valence-electron chi connectivity index (χ4n) is 2.98. The Morgan fingerprint density at radius 3 is 2.52 bits per heavy atom. The van der Waals surface area contributed by atoms with Crippen LogP contribution in [0.25, 0.3) is 0 Å². The topological polar surface area (TPSA) is 15.3 Å². The summed E-state index contributed by atoms with van der Waals surface area (Å²) in [5.74, 6) is 0. The van der Waals surface area contributed by atoms with Crippen LogP contribution in [-0.2, 0) is 0 Å². The van der Waals surface area contributed by atoms with Crippen LogP contribution in [0, 0.1) is 0 Å². The largest absolute Gasteiger partial charge is 0.365 e. The molecule has 2 aromatic rings. The summed E-state index contributed by atoms with van der Waals surface area (Å²) in [7, 11) is 0. The summed E-state index contributed by atoms with van der Waals surface area (Å²) in [6, 6.07) is 20.4. The third-order valence-corrected chi connectivity index (χ3v) is 4.95. The zero-order chi connectivity index (χ0) is 14.7. The molecule has 1 saturated heterocycles. The van der Waals surface area contributed by atoms with Crippen molar-refractivity contribution in [2.75, 3.05) is 24.2 Å². The Kier molecular flexibility index (Phi) is 4.51. The van der Waals surface area contributed by atoms with E-state index in [0.29, 0.717) is 12.1 Å². The summed E-state index contributed by atoms with van der Waals surface area (Å²) >= 11 is 1.83. The lowest BCUT2D eigenvalue weighted by Gasteiger charge is -2.41. The van der Waals surface area contributed by atoms with Crippen LogP contribution in [0.5, 0.6) is 0 Å². The summed E-state index contributed by atoms with van der Waals surface area (Å²) in [6.45, 7) is 4.33. The average molecular weight is 298 g/mol. The van der Waals surface area contributed by atoms with Gasteiger partial charge in [0.25, 0.3) is 0 Å². The van der Waals surface area contributed by atoms with Crippen LogP contribution in [0.3, 0.4) is 0 Å². The number of hydrogen-bond acceptors (Lipinski definition) is 3. The zero-order valence-corrected chi connectivity index (χ0v) is 13.4. The predicted octanol–water partition coefficient (Wildman–Crippen LogP) is 3.95. The summed E-state index contributed by atoms with van der Waals surface area (Å²) < 4.78 is 0. The number of nitrogens with zero attached hydrogens (tertiary/aromatic N) is 1. The fourth-order valence-corrected chi connectivity index (χ4v) is 3.58. The van der Waals surface area contributed by atoms with Gasteiger partial charge in [0.1, 0.15) is 0 Å². The molecule has 3 heteroatoms. The van der Waals surface area contributed by atoms with Crippen LogP contribution in [0.1, 0.15) is 18.5 Å². The molecule has 0 spiro atoms. The summed E-state index contributed by atoms with van der Waals surface area (Å²) in [6.07, 6.45) is 2.15. The highest BCUT2D eigenvalue weighted by Gasteiger charge is 2.27. The summed E-state index contributed by atoms with van der Waals surface area (Å²) in [5, 5.41) is 3.67. The monoisotopic (exact) mass is 298 g/mol. The van der Waals surface area contributed by atoms with Crippen LogP contribution >= 0.6 is 11.8 Å². The first-order chi connectivity index (χ1) is 10.3. The number of nitrogens with one attached hydrogen (secondary N) is 1. The van der Waals surface area contributed by atoms with Crippen molar-refractivity contribution in [2.45, 2.75) is 23.9 Å². The van der Waals surface area contributed by atoms with E-state index >= 15 is 0 Å². The molecule has 0 bridgehead atoms. The van der Waals surface area contributed by atoms with E-state index in [1.54, 1.807) is 0 Å². The van der Waals surface area contributed by atoms with Crippen molar-refractivity contribution in [3.05, 3.63) is 60.2 Å². The SMILES string of the molecule is CSc1ccccc1N1CC(c2ccccc2)NCC1C. The zero-order valence-electron chi connectivity index (χ0n) is 12.6. The predicted molar refractivity (Wildman–Crippen MR) is 92.2 cm³/mol. The average Bonchev–Trinajstić information content (AvgIpc) is 2.56. The second-order valence-corrected chi connectivity index (χ2v) is 6.39. The minimum Gasteiger partial charge on any atom is -0.365 e. The molecule has 3 rings (SSSR count). The summed E-state index contributed by atoms with van der Waals surface area (Å²) in [5.41, 5.74) is 2.73. The van der Waals surface area contributed by atoms with E-state index in [9.17, 15) is 0 Å². The number of anilines is 1. The van der Waals surface area contributed by atoms with E-state index in [4.69, 9.17) is 0 Å². The number of para-hydroxylation sites is 1. The summed E-state index contributed by atoms with van der Waals surface area (Å²) in [4.78, 5) is 3.90. The van der Waals surface area contributed by atoms with Crippen LogP contribution in [0.2, 0.25) is 0 Å². The van der Waals surface area contributed by atoms with Crippen molar-refractivity contribution in [1.82, 2.24) is 5.32 Å². The maximum Gasteiger partial charge on any atom is 0.0507 e. The highest BCUT2D eigenvalue weighted by atomic mass is 32.2. The standard InChI is InChI=1S/C18H22N2S/c1-14-12-19-16(15-8-4-3-5-9-15)13-20(14)17-10-6-7-11-18(17)21-2/h3-11,14,16,19H,12-13H2,1-2H3. The minimum absolute atomic E-state index is 0.400. The second kappa shape index (κ2) is 6.54. The van der Waals surface area contributed by atoms with Crippen LogP contribution in [-0.4, -0.2) is 25.4 Å². The maximum atomic E-state index is 3.67. The van der Waals surface area contributed by atoms with Crippen LogP contribution in [0.4, 0.5) is 5.69 Å². The van der Waals surface area contributed by atoms with Gasteiger partial charge in [0.05, 0.1) is 5.69 Å². The molecule has 2 aromatic carbocycles. The van der Waals surface area contributed by atoms with Crippen molar-refractivity contribution in [3.8, 4) is 0 Å². The van der Waals surface area contributed by atoms with Crippen molar-refractivity contribution >= 4 is 17.4 Å². The number of piperazine rings is 1. The molecule has 1 N–H and O–H groups in total. The maximum absolute atomic E-state index is 3.67. The molecule has 0 radical (unpaired) electrons. The molecule has 0 aliphatic carbocycles. The van der Waals surface area contributed by atoms with Gasteiger partial charge in [-0.3, -0.25) is 0 Å². The van der Waals surface area contributed by atoms with E-state index in [0.717, 1.165) is 13.1 Å². The molecular weight excluding hydrogens is 276 g/mol. The van der Waals surface area contributed by atoms with Crippen molar-refractivity contribution in [3.63, 3.8) is 0 Å². The Balaban J connectivity index is 1.87. The van der Waals surface area contributed by atoms with Gasteiger partial charge >= 0.3 is 0 Å². The Morgan fingerprint density at radius 1 is 1.05 bits per heavy atom. The Labute approximate surface area is 131 Å². The molecular formula is C18H22N2S. The molecule has 2 atom stereocenters. The van der Waals surface area contributed by atoms with Gasteiger partial charge in [-0.25, -0.2) is 0 Å². The first-order valence-corrected chi connectivity index (χ1v) is 8.70. The lowest BCUT2D eigenvalue weighted by molar-refractivity contribution is 0.413. The van der Waals surface area contributed by atoms with Gasteiger partial charge < -0.3 is 10.2 Å². The molecule has 1 aliphatic rings. The van der Waals surface area contributed by atoms with Crippen molar-refractivity contribution in [2.24, 2.45) is 0 Å². The van der Waals surface area contributed by atoms with E-state index in [1.807, 2.05) is 11.8 Å². The lowest BCUT2D eigenvalue weighted by atomic mass is 10.0. The normalized spacial score (nSPS) is 22.3. The number of benzene rings is 2. The van der Waals surface area contributed by atoms with Crippen LogP contribution in [0.15, 0.2) is 59.5 Å². The molecule has 110 valence electrons. The van der Waals surface area contributed by atoms with E-state index in [2.05, 4.69) is 78.0 Å². The van der Waals surface area contributed by atoms with Crippen LogP contribution < -0.4 is 10.2 Å². The number of hydrogen-bond donors (Lipinski definition) is 1. The molecule has 0 saturated carbocycles. The number of thioether (sulfide) groups is 1. The molecule has 0 amide bonds. The van der Waals surface area contributed by atoms with Gasteiger partial charge in [-0.05, 0) is 30.9 Å². The molecule has 1 heterocycles. The number of rotatable bonds is 3. The highest BCUT2D eigenvalue weighted by Crippen LogP contribution is 2.32. The van der Waals surface area contributed by atoms with Gasteiger partial charge in [-0.1, -0.05) is 42.5 Å². The van der Waals surface area contributed by atoms with Gasteiger partial charge in [-0.2, -0.15) is 0 Å². The Bertz CT molecular complexity index is 585. The second-order valence-electron chi connectivity index (χ2n) is 5.54. The Hall–Kier alpha value is -1.45. The molecule has 1 aliphatic heterocycles. The van der Waals surface area contributed by atoms with E-state index in [-0.39, 0.29) is 0 Å². The minimum atomic E-state index is 0.400. The quantitative estimate of drug-likeness (QED) is 0.864. The molecule has 1 fully saturated rings.